The van der Waals surface area contributed by atoms with Gasteiger partial charge in [0.25, 0.3) is 0 Å². The molecule has 1 aromatic heterocycles. The minimum atomic E-state index is -1.00. The Hall–Kier alpha value is -2.76. The topological polar surface area (TPSA) is 73.6 Å². The highest BCUT2D eigenvalue weighted by Crippen LogP contribution is 2.02. The molecule has 2 rings (SSSR count). The van der Waals surface area contributed by atoms with Crippen molar-refractivity contribution in [3.05, 3.63) is 54.1 Å². The summed E-state index contributed by atoms with van der Waals surface area (Å²) in [4.78, 5) is 25.7. The van der Waals surface area contributed by atoms with Crippen LogP contribution in [-0.4, -0.2) is 28.8 Å². The molecule has 19 heavy (non-hydrogen) atoms. The lowest BCUT2D eigenvalue weighted by atomic mass is 10.3. The third-order valence-electron chi connectivity index (χ3n) is 2.31. The van der Waals surface area contributed by atoms with Gasteiger partial charge in [0.1, 0.15) is 0 Å². The number of carbonyl (C=O) groups is 2. The third-order valence-corrected chi connectivity index (χ3v) is 2.31. The summed E-state index contributed by atoms with van der Waals surface area (Å²) in [5, 5.41) is 4.40. The normalized spacial score (nSPS) is 11.1. The molecule has 0 spiro atoms. The van der Waals surface area contributed by atoms with Crippen molar-refractivity contribution in [2.75, 3.05) is 7.11 Å². The van der Waals surface area contributed by atoms with E-state index < -0.39 is 11.9 Å². The van der Waals surface area contributed by atoms with E-state index in [0.717, 1.165) is 12.8 Å². The fourth-order valence-electron chi connectivity index (χ4n) is 1.40. The number of methoxy groups -OCH3 is 1. The van der Waals surface area contributed by atoms with Gasteiger partial charge in [0.2, 0.25) is 0 Å². The van der Waals surface area contributed by atoms with E-state index in [0.29, 0.717) is 5.36 Å². The molecule has 6 nitrogen and oxygen atoms in total. The molecule has 96 valence electrons. The molecule has 6 heteroatoms. The van der Waals surface area contributed by atoms with E-state index in [9.17, 15) is 9.59 Å². The second-order valence-corrected chi connectivity index (χ2v) is 3.57. The lowest BCUT2D eigenvalue weighted by Crippen LogP contribution is -2.18. The van der Waals surface area contributed by atoms with E-state index in [4.69, 9.17) is 0 Å². The van der Waals surface area contributed by atoms with Crippen molar-refractivity contribution in [1.29, 1.82) is 0 Å². The summed E-state index contributed by atoms with van der Waals surface area (Å²) in [5.41, 5.74) is 0.883. The SMILES string of the molecule is COC(=O)C(=O)N=c1ccn(-c2ccccc2)nc1. The number of hydrogen-bond acceptors (Lipinski definition) is 4. The first-order chi connectivity index (χ1) is 9.20. The zero-order chi connectivity index (χ0) is 13.7. The van der Waals surface area contributed by atoms with Gasteiger partial charge in [-0.05, 0) is 18.2 Å². The molecule has 1 amide bonds. The van der Waals surface area contributed by atoms with Crippen molar-refractivity contribution in [3.8, 4) is 5.69 Å². The monoisotopic (exact) mass is 257 g/mol. The molecule has 0 unspecified atom stereocenters. The van der Waals surface area contributed by atoms with Gasteiger partial charge in [-0.3, -0.25) is 4.79 Å². The van der Waals surface area contributed by atoms with Crippen molar-refractivity contribution in [2.24, 2.45) is 4.99 Å². The van der Waals surface area contributed by atoms with Gasteiger partial charge >= 0.3 is 11.9 Å². The number of esters is 1. The average molecular weight is 257 g/mol. The van der Waals surface area contributed by atoms with Crippen LogP contribution < -0.4 is 5.36 Å². The van der Waals surface area contributed by atoms with E-state index in [1.807, 2.05) is 30.3 Å². The van der Waals surface area contributed by atoms with Crippen LogP contribution >= 0.6 is 0 Å². The molecule has 0 radical (unpaired) electrons. The molecule has 0 N–H and O–H groups in total. The molecular weight excluding hydrogens is 246 g/mol. The second-order valence-electron chi connectivity index (χ2n) is 3.57. The highest BCUT2D eigenvalue weighted by Gasteiger charge is 2.11. The van der Waals surface area contributed by atoms with Gasteiger partial charge in [-0.2, -0.15) is 5.10 Å². The Balaban J connectivity index is 2.27. The van der Waals surface area contributed by atoms with Gasteiger partial charge in [0.05, 0.1) is 24.4 Å². The molecule has 1 heterocycles. The summed E-state index contributed by atoms with van der Waals surface area (Å²) in [6.45, 7) is 0. The van der Waals surface area contributed by atoms with E-state index in [1.54, 1.807) is 16.9 Å². The first-order valence-electron chi connectivity index (χ1n) is 5.48. The van der Waals surface area contributed by atoms with Crippen molar-refractivity contribution in [1.82, 2.24) is 9.78 Å². The summed E-state index contributed by atoms with van der Waals surface area (Å²) in [6, 6.07) is 11.1. The number of benzene rings is 1. The molecular formula is C13H11N3O3. The molecule has 0 aliphatic rings. The van der Waals surface area contributed by atoms with Crippen LogP contribution in [0.25, 0.3) is 5.69 Å². The van der Waals surface area contributed by atoms with Crippen LogP contribution in [0.3, 0.4) is 0 Å². The molecule has 0 aliphatic carbocycles. The minimum absolute atomic E-state index is 0.294. The number of para-hydroxylation sites is 1. The van der Waals surface area contributed by atoms with Crippen LogP contribution in [-0.2, 0) is 14.3 Å². The highest BCUT2D eigenvalue weighted by atomic mass is 16.5. The Labute approximate surface area is 109 Å². The molecule has 0 saturated heterocycles. The number of nitrogens with zero attached hydrogens (tertiary/aromatic N) is 3. The van der Waals surface area contributed by atoms with Crippen LogP contribution in [0.15, 0.2) is 53.8 Å². The predicted molar refractivity (Wildman–Crippen MR) is 66.2 cm³/mol. The van der Waals surface area contributed by atoms with Crippen LogP contribution in [0.5, 0.6) is 0 Å². The molecule has 0 fully saturated rings. The van der Waals surface area contributed by atoms with E-state index in [2.05, 4.69) is 14.8 Å². The zero-order valence-corrected chi connectivity index (χ0v) is 10.2. The first-order valence-corrected chi connectivity index (χ1v) is 5.48. The van der Waals surface area contributed by atoms with E-state index in [1.165, 1.54) is 6.20 Å². The Bertz CT molecular complexity index is 642. The van der Waals surface area contributed by atoms with Crippen LogP contribution in [0.2, 0.25) is 0 Å². The molecule has 1 aromatic carbocycles. The summed E-state index contributed by atoms with van der Waals surface area (Å²) in [7, 11) is 1.13. The predicted octanol–water partition coefficient (Wildman–Crippen LogP) is 0.473. The largest absolute Gasteiger partial charge is 0.462 e. The number of rotatable bonds is 1. The van der Waals surface area contributed by atoms with Crippen LogP contribution in [0, 0.1) is 0 Å². The Kier molecular flexibility index (Phi) is 3.82. The average Bonchev–Trinajstić information content (AvgIpc) is 2.48. The number of hydrogen-bond donors (Lipinski definition) is 0. The maximum absolute atomic E-state index is 11.2. The third kappa shape index (κ3) is 3.12. The number of carbonyl (C=O) groups excluding carboxylic acids is 2. The smallest absolute Gasteiger partial charge is 0.398 e. The summed E-state index contributed by atoms with van der Waals surface area (Å²) < 4.78 is 5.90. The number of aromatic nitrogens is 2. The van der Waals surface area contributed by atoms with Crippen molar-refractivity contribution < 1.29 is 14.3 Å². The van der Waals surface area contributed by atoms with Gasteiger partial charge < -0.3 is 4.74 Å². The lowest BCUT2D eigenvalue weighted by Gasteiger charge is -2.03. The Morgan fingerprint density at radius 3 is 2.53 bits per heavy atom. The molecule has 0 atom stereocenters. The lowest BCUT2D eigenvalue weighted by molar-refractivity contribution is -0.151. The summed E-state index contributed by atoms with van der Waals surface area (Å²) in [6.07, 6.45) is 3.05. The highest BCUT2D eigenvalue weighted by molar-refractivity contribution is 6.32. The standard InChI is InChI=1S/C13H11N3O3/c1-19-13(18)12(17)15-10-7-8-16(14-9-10)11-5-3-2-4-6-11/h2-9H,1H3. The zero-order valence-electron chi connectivity index (χ0n) is 10.2. The minimum Gasteiger partial charge on any atom is -0.462 e. The van der Waals surface area contributed by atoms with Gasteiger partial charge in [0.15, 0.2) is 0 Å². The summed E-state index contributed by atoms with van der Waals surface area (Å²) >= 11 is 0. The molecule has 0 aliphatic heterocycles. The fourth-order valence-corrected chi connectivity index (χ4v) is 1.40. The first kappa shape index (κ1) is 12.7. The van der Waals surface area contributed by atoms with Crippen LogP contribution in [0.4, 0.5) is 0 Å². The van der Waals surface area contributed by atoms with Crippen molar-refractivity contribution in [2.45, 2.75) is 0 Å². The fraction of sp³-hybridized carbons (Fsp3) is 0.0769. The van der Waals surface area contributed by atoms with Gasteiger partial charge in [-0.15, -0.1) is 0 Å². The van der Waals surface area contributed by atoms with Crippen molar-refractivity contribution in [3.63, 3.8) is 0 Å². The van der Waals surface area contributed by atoms with E-state index >= 15 is 0 Å². The van der Waals surface area contributed by atoms with Crippen LogP contribution in [0.1, 0.15) is 0 Å². The maximum atomic E-state index is 11.2. The number of ether oxygens (including phenoxy) is 1. The second kappa shape index (κ2) is 5.72. The van der Waals surface area contributed by atoms with E-state index in [-0.39, 0.29) is 0 Å². The van der Waals surface area contributed by atoms with Gasteiger partial charge in [0, 0.05) is 6.20 Å². The Morgan fingerprint density at radius 1 is 1.21 bits per heavy atom. The van der Waals surface area contributed by atoms with Crippen molar-refractivity contribution >= 4 is 11.9 Å². The molecule has 2 aromatic rings. The Morgan fingerprint density at radius 2 is 1.95 bits per heavy atom. The molecule has 0 bridgehead atoms. The number of amides is 1. The maximum Gasteiger partial charge on any atom is 0.398 e. The quantitative estimate of drug-likeness (QED) is 0.550. The van der Waals surface area contributed by atoms with Gasteiger partial charge in [-0.25, -0.2) is 14.5 Å². The van der Waals surface area contributed by atoms with Gasteiger partial charge in [-0.1, -0.05) is 18.2 Å². The molecule has 0 saturated carbocycles. The summed E-state index contributed by atoms with van der Waals surface area (Å²) in [5.74, 6) is -1.96.